The maximum Gasteiger partial charge on any atom is 0.335 e. The molecule has 108 valence electrons. The molecule has 0 aliphatic rings. The molecule has 0 atom stereocenters. The number of phenols is 1. The Balaban J connectivity index is 2.27. The van der Waals surface area contributed by atoms with Gasteiger partial charge in [0.25, 0.3) is 5.91 Å². The zero-order valence-electron chi connectivity index (χ0n) is 10.6. The first kappa shape index (κ1) is 14.3. The molecular weight excluding hydrogens is 279 g/mol. The third-order valence-electron chi connectivity index (χ3n) is 2.75. The summed E-state index contributed by atoms with van der Waals surface area (Å²) in [6.45, 7) is 0. The maximum atomic E-state index is 13.1. The Morgan fingerprint density at radius 1 is 1.14 bits per heavy atom. The topological polar surface area (TPSA) is 113 Å². The van der Waals surface area contributed by atoms with Crippen LogP contribution in [0.1, 0.15) is 20.7 Å². The van der Waals surface area contributed by atoms with Crippen LogP contribution < -0.4 is 11.1 Å². The summed E-state index contributed by atoms with van der Waals surface area (Å²) in [7, 11) is 0. The van der Waals surface area contributed by atoms with Gasteiger partial charge in [0, 0.05) is 0 Å². The molecule has 21 heavy (non-hydrogen) atoms. The SMILES string of the molecule is Nc1cc(C(=O)O)ccc1NC(=O)c1cc(F)ccc1O. The highest BCUT2D eigenvalue weighted by molar-refractivity contribution is 6.07. The molecule has 0 aliphatic carbocycles. The number of aromatic carboxylic acids is 1. The van der Waals surface area contributed by atoms with Gasteiger partial charge in [-0.2, -0.15) is 0 Å². The number of carbonyl (C=O) groups is 2. The highest BCUT2D eigenvalue weighted by Crippen LogP contribution is 2.23. The monoisotopic (exact) mass is 290 g/mol. The second-order valence-electron chi connectivity index (χ2n) is 4.22. The average Bonchev–Trinajstić information content (AvgIpc) is 2.43. The molecule has 0 bridgehead atoms. The predicted molar refractivity (Wildman–Crippen MR) is 73.8 cm³/mol. The van der Waals surface area contributed by atoms with E-state index < -0.39 is 17.7 Å². The molecule has 2 aromatic rings. The van der Waals surface area contributed by atoms with Crippen molar-refractivity contribution < 1.29 is 24.2 Å². The molecule has 6 nitrogen and oxygen atoms in total. The summed E-state index contributed by atoms with van der Waals surface area (Å²) in [4.78, 5) is 22.7. The highest BCUT2D eigenvalue weighted by Gasteiger charge is 2.14. The number of phenolic OH excluding ortho intramolecular Hbond substituents is 1. The molecule has 0 saturated heterocycles. The Kier molecular flexibility index (Phi) is 3.75. The Labute approximate surface area is 118 Å². The molecule has 2 aromatic carbocycles. The van der Waals surface area contributed by atoms with Gasteiger partial charge < -0.3 is 21.3 Å². The van der Waals surface area contributed by atoms with E-state index in [9.17, 15) is 19.1 Å². The number of benzene rings is 2. The molecule has 5 N–H and O–H groups in total. The number of nitrogens with one attached hydrogen (secondary N) is 1. The minimum Gasteiger partial charge on any atom is -0.507 e. The van der Waals surface area contributed by atoms with Crippen LogP contribution in [0.4, 0.5) is 15.8 Å². The van der Waals surface area contributed by atoms with Gasteiger partial charge in [0.15, 0.2) is 0 Å². The summed E-state index contributed by atoms with van der Waals surface area (Å²) in [5, 5.41) is 20.7. The van der Waals surface area contributed by atoms with Gasteiger partial charge in [0.05, 0.1) is 22.5 Å². The van der Waals surface area contributed by atoms with Crippen molar-refractivity contribution in [3.05, 3.63) is 53.3 Å². The summed E-state index contributed by atoms with van der Waals surface area (Å²) in [6, 6.07) is 6.71. The van der Waals surface area contributed by atoms with Crippen molar-refractivity contribution in [2.45, 2.75) is 0 Å². The first-order valence-electron chi connectivity index (χ1n) is 5.81. The van der Waals surface area contributed by atoms with E-state index in [1.807, 2.05) is 0 Å². The van der Waals surface area contributed by atoms with Gasteiger partial charge in [0.1, 0.15) is 11.6 Å². The Bertz CT molecular complexity index is 731. The number of halogens is 1. The highest BCUT2D eigenvalue weighted by atomic mass is 19.1. The molecule has 0 fully saturated rings. The van der Waals surface area contributed by atoms with E-state index in [2.05, 4.69) is 5.32 Å². The summed E-state index contributed by atoms with van der Waals surface area (Å²) in [5.41, 5.74) is 5.56. The van der Waals surface area contributed by atoms with E-state index in [1.165, 1.54) is 18.2 Å². The van der Waals surface area contributed by atoms with Gasteiger partial charge >= 0.3 is 5.97 Å². The number of anilines is 2. The normalized spacial score (nSPS) is 10.1. The summed E-state index contributed by atoms with van der Waals surface area (Å²) >= 11 is 0. The quantitative estimate of drug-likeness (QED) is 0.646. The molecule has 2 rings (SSSR count). The average molecular weight is 290 g/mol. The Morgan fingerprint density at radius 3 is 2.48 bits per heavy atom. The standard InChI is InChI=1S/C14H11FN2O4/c15-8-2-4-12(18)9(6-8)13(19)17-11-3-1-7(14(20)21)5-10(11)16/h1-6,18H,16H2,(H,17,19)(H,20,21). The summed E-state index contributed by atoms with van der Waals surface area (Å²) < 4.78 is 13.1. The fraction of sp³-hybridized carbons (Fsp3) is 0. The Morgan fingerprint density at radius 2 is 1.86 bits per heavy atom. The summed E-state index contributed by atoms with van der Waals surface area (Å²) in [6.07, 6.45) is 0. The lowest BCUT2D eigenvalue weighted by molar-refractivity contribution is 0.0696. The van der Waals surface area contributed by atoms with Crippen LogP contribution >= 0.6 is 0 Å². The predicted octanol–water partition coefficient (Wildman–Crippen LogP) is 2.06. The lowest BCUT2D eigenvalue weighted by Gasteiger charge is -2.10. The largest absolute Gasteiger partial charge is 0.507 e. The fourth-order valence-electron chi connectivity index (χ4n) is 1.69. The zero-order valence-corrected chi connectivity index (χ0v) is 10.6. The van der Waals surface area contributed by atoms with Gasteiger partial charge in [0.2, 0.25) is 0 Å². The molecule has 0 aromatic heterocycles. The van der Waals surface area contributed by atoms with Crippen LogP contribution in [0.5, 0.6) is 5.75 Å². The van der Waals surface area contributed by atoms with Crippen LogP contribution in [0.3, 0.4) is 0 Å². The molecule has 0 saturated carbocycles. The van der Waals surface area contributed by atoms with E-state index in [0.29, 0.717) is 0 Å². The lowest BCUT2D eigenvalue weighted by Crippen LogP contribution is -2.14. The first-order chi connectivity index (χ1) is 9.88. The zero-order chi connectivity index (χ0) is 15.6. The molecule has 0 aliphatic heterocycles. The van der Waals surface area contributed by atoms with Gasteiger partial charge in [-0.05, 0) is 36.4 Å². The van der Waals surface area contributed by atoms with E-state index in [-0.39, 0.29) is 28.3 Å². The molecular formula is C14H11FN2O4. The van der Waals surface area contributed by atoms with E-state index in [0.717, 1.165) is 18.2 Å². The van der Waals surface area contributed by atoms with E-state index >= 15 is 0 Å². The number of carboxylic acids is 1. The van der Waals surface area contributed by atoms with Crippen molar-refractivity contribution in [3.8, 4) is 5.75 Å². The second kappa shape index (κ2) is 5.49. The number of hydrogen-bond acceptors (Lipinski definition) is 4. The number of aromatic hydroxyl groups is 1. The third kappa shape index (κ3) is 3.08. The minimum atomic E-state index is -1.15. The van der Waals surface area contributed by atoms with Crippen molar-refractivity contribution in [1.29, 1.82) is 0 Å². The van der Waals surface area contributed by atoms with Gasteiger partial charge in [-0.15, -0.1) is 0 Å². The van der Waals surface area contributed by atoms with Gasteiger partial charge in [-0.25, -0.2) is 9.18 Å². The lowest BCUT2D eigenvalue weighted by atomic mass is 10.1. The van der Waals surface area contributed by atoms with Gasteiger partial charge in [-0.3, -0.25) is 4.79 Å². The van der Waals surface area contributed by atoms with Gasteiger partial charge in [-0.1, -0.05) is 0 Å². The van der Waals surface area contributed by atoms with E-state index in [1.54, 1.807) is 0 Å². The number of rotatable bonds is 3. The molecule has 1 amide bonds. The van der Waals surface area contributed by atoms with Crippen molar-refractivity contribution in [1.82, 2.24) is 0 Å². The van der Waals surface area contributed by atoms with Crippen LogP contribution in [0.2, 0.25) is 0 Å². The van der Waals surface area contributed by atoms with Crippen LogP contribution in [-0.2, 0) is 0 Å². The third-order valence-corrected chi connectivity index (χ3v) is 2.75. The summed E-state index contributed by atoms with van der Waals surface area (Å²) in [5.74, 6) is -2.97. The fourth-order valence-corrected chi connectivity index (χ4v) is 1.69. The van der Waals surface area contributed by atoms with Crippen molar-refractivity contribution in [2.24, 2.45) is 0 Å². The molecule has 0 radical (unpaired) electrons. The van der Waals surface area contributed by atoms with Crippen molar-refractivity contribution in [2.75, 3.05) is 11.1 Å². The molecule has 0 heterocycles. The molecule has 7 heteroatoms. The smallest absolute Gasteiger partial charge is 0.335 e. The number of carboxylic acid groups (broad SMARTS) is 1. The van der Waals surface area contributed by atoms with Crippen molar-refractivity contribution in [3.63, 3.8) is 0 Å². The number of carbonyl (C=O) groups excluding carboxylic acids is 1. The minimum absolute atomic E-state index is 0.0286. The van der Waals surface area contributed by atoms with E-state index in [4.69, 9.17) is 10.8 Å². The second-order valence-corrected chi connectivity index (χ2v) is 4.22. The maximum absolute atomic E-state index is 13.1. The first-order valence-corrected chi connectivity index (χ1v) is 5.81. The van der Waals surface area contributed by atoms with Crippen LogP contribution in [0.25, 0.3) is 0 Å². The number of amides is 1. The molecule has 0 unspecified atom stereocenters. The number of hydrogen-bond donors (Lipinski definition) is 4. The van der Waals surface area contributed by atoms with Crippen LogP contribution in [-0.4, -0.2) is 22.1 Å². The number of nitrogen functional groups attached to an aromatic ring is 1. The van der Waals surface area contributed by atoms with Crippen LogP contribution in [0, 0.1) is 5.82 Å². The van der Waals surface area contributed by atoms with Crippen LogP contribution in [0.15, 0.2) is 36.4 Å². The number of nitrogens with two attached hydrogens (primary N) is 1. The Hall–Kier alpha value is -3.09. The molecule has 0 spiro atoms. The van der Waals surface area contributed by atoms with Crippen molar-refractivity contribution >= 4 is 23.3 Å².